The van der Waals surface area contributed by atoms with Crippen molar-refractivity contribution in [3.05, 3.63) is 0 Å². The molecule has 0 unspecified atom stereocenters. The van der Waals surface area contributed by atoms with Gasteiger partial charge in [-0.05, 0) is 0 Å². The van der Waals surface area contributed by atoms with Crippen LogP contribution in [0.3, 0.4) is 0 Å². The summed E-state index contributed by atoms with van der Waals surface area (Å²) in [6.45, 7) is 0. The van der Waals surface area contributed by atoms with Crippen LogP contribution in [0.1, 0.15) is 4.28 Å². The monoisotopic (exact) mass is 140 g/mol. The van der Waals surface area contributed by atoms with Crippen LogP contribution in [0.25, 0.3) is 0 Å². The standard InChI is InChI=1S/Li.H2O3Se/c;1-4(2)3/h;(H2,1,2,3)/q+1;/p+3. The van der Waals surface area contributed by atoms with Crippen molar-refractivity contribution in [1.82, 2.24) is 0 Å². The van der Waals surface area contributed by atoms with Crippen LogP contribution < -0.4 is 18.9 Å². The van der Waals surface area contributed by atoms with Gasteiger partial charge in [0.05, 0.1) is 0 Å². The Labute approximate surface area is 50.4 Å². The molecule has 0 aromatic heterocycles. The second-order valence-electron chi connectivity index (χ2n) is 0.231. The maximum Gasteiger partial charge on any atom is 1.00 e. The third-order valence-corrected chi connectivity index (χ3v) is 0. The Balaban J connectivity index is -0.00000000750. The minimum atomic E-state index is -3.29. The summed E-state index contributed by atoms with van der Waals surface area (Å²) in [5.41, 5.74) is 0. The van der Waals surface area contributed by atoms with E-state index in [1.807, 2.05) is 0 Å². The molecular weight excluding hydrogens is 134 g/mol. The van der Waals surface area contributed by atoms with Gasteiger partial charge in [-0.3, -0.25) is 0 Å². The predicted molar refractivity (Wildman–Crippen MR) is 14.2 cm³/mol. The van der Waals surface area contributed by atoms with Crippen LogP contribution in [0.5, 0.6) is 0 Å². The van der Waals surface area contributed by atoms with E-state index in [2.05, 4.69) is 0 Å². The van der Waals surface area contributed by atoms with Crippen molar-refractivity contribution in [1.29, 1.82) is 0 Å². The zero-order chi connectivity index (χ0) is 3.58. The van der Waals surface area contributed by atoms with Crippen LogP contribution in [0.15, 0.2) is 0 Å². The molecule has 0 heterocycles. The largest absolute Gasteiger partial charge is 1.00 e. The van der Waals surface area contributed by atoms with Gasteiger partial charge in [-0.1, -0.05) is 0 Å². The van der Waals surface area contributed by atoms with Crippen molar-refractivity contribution < 1.29 is 35.4 Å². The van der Waals surface area contributed by atoms with Crippen molar-refractivity contribution in [2.75, 3.05) is 0 Å². The molecule has 2 N–H and O–H groups in total. The molecule has 0 radical (unpaired) electrons. The average molecular weight is 139 g/mol. The Hall–Kier alpha value is 0.837. The second-order valence-corrected chi connectivity index (χ2v) is 1.20. The third-order valence-electron chi connectivity index (χ3n) is 0. The minimum Gasteiger partial charge on any atom is 1.00 e. The minimum absolute atomic E-state index is 0. The summed E-state index contributed by atoms with van der Waals surface area (Å²) in [5, 5.41) is 0. The Morgan fingerprint density at radius 2 is 1.60 bits per heavy atom. The zero-order valence-corrected chi connectivity index (χ0v) is 4.42. The summed E-state index contributed by atoms with van der Waals surface area (Å²) in [5.74, 6) is 0. The molecule has 0 aliphatic rings. The Morgan fingerprint density at radius 3 is 1.60 bits per heavy atom. The molecule has 26 valence electrons. The normalized spacial score (nSPS) is 7.00. The van der Waals surface area contributed by atoms with Crippen LogP contribution in [0, 0.1) is 0 Å². The first kappa shape index (κ1) is 9.28. The van der Waals surface area contributed by atoms with Crippen LogP contribution in [0.4, 0.5) is 0 Å². The maximum atomic E-state index is 8.76. The summed E-state index contributed by atoms with van der Waals surface area (Å²) >= 11 is -3.29. The Bertz CT molecular complexity index is 37.5. The molecule has 0 amide bonds. The molecule has 5 heavy (non-hydrogen) atoms. The van der Waals surface area contributed by atoms with Gasteiger partial charge in [0, 0.05) is 0 Å². The molecule has 0 bridgehead atoms. The molecule has 0 atom stereocenters. The van der Waals surface area contributed by atoms with Crippen molar-refractivity contribution >= 4 is 14.5 Å². The molecule has 0 fully saturated rings. The van der Waals surface area contributed by atoms with Crippen LogP contribution in [-0.4, -0.2) is 22.9 Å². The van der Waals surface area contributed by atoms with Gasteiger partial charge >= 0.3 is 49.8 Å². The Kier molecular flexibility index (Phi) is 8.97. The second kappa shape index (κ2) is 4.84. The molecular formula is H5LiO3Se+4. The van der Waals surface area contributed by atoms with Gasteiger partial charge in [0.25, 0.3) is 0 Å². The van der Waals surface area contributed by atoms with Crippen molar-refractivity contribution in [2.24, 2.45) is 0 Å². The van der Waals surface area contributed by atoms with Gasteiger partial charge in [-0.25, -0.2) is 0 Å². The Morgan fingerprint density at radius 1 is 1.60 bits per heavy atom. The number of hydrogen-bond acceptors (Lipinski definition) is 1. The van der Waals surface area contributed by atoms with Gasteiger partial charge in [-0.15, -0.1) is 0 Å². The van der Waals surface area contributed by atoms with Gasteiger partial charge in [0.15, 0.2) is 0 Å². The third kappa shape index (κ3) is 55.6. The zero-order valence-electron chi connectivity index (χ0n) is 5.71. The van der Waals surface area contributed by atoms with E-state index in [0.717, 1.165) is 0 Å². The van der Waals surface area contributed by atoms with E-state index in [4.69, 9.17) is 12.2 Å². The predicted octanol–water partition coefficient (Wildman–Crippen LogP) is -4.27. The summed E-state index contributed by atoms with van der Waals surface area (Å²) in [7, 11) is 0. The number of hydrogen-bond donors (Lipinski definition) is 2. The molecule has 0 spiro atoms. The van der Waals surface area contributed by atoms with Crippen molar-refractivity contribution in [3.63, 3.8) is 0 Å². The maximum absolute atomic E-state index is 8.76. The molecule has 0 aromatic rings. The topological polar surface area (TPSA) is 57.5 Å². The van der Waals surface area contributed by atoms with E-state index < -0.39 is 14.5 Å². The SMILES string of the molecule is O=[Se](O)O.[H+].[H+].[H+].[Li+]. The summed E-state index contributed by atoms with van der Waals surface area (Å²) in [4.78, 5) is 0. The van der Waals surface area contributed by atoms with Gasteiger partial charge in [0.1, 0.15) is 0 Å². The summed E-state index contributed by atoms with van der Waals surface area (Å²) in [6.07, 6.45) is 0. The number of rotatable bonds is 0. The molecule has 0 rings (SSSR count). The van der Waals surface area contributed by atoms with Crippen molar-refractivity contribution in [2.45, 2.75) is 0 Å². The fourth-order valence-corrected chi connectivity index (χ4v) is 0. The van der Waals surface area contributed by atoms with E-state index in [1.54, 1.807) is 0 Å². The van der Waals surface area contributed by atoms with Crippen molar-refractivity contribution in [3.8, 4) is 0 Å². The van der Waals surface area contributed by atoms with Gasteiger partial charge in [-0.2, -0.15) is 0 Å². The van der Waals surface area contributed by atoms with Crippen LogP contribution in [-0.2, 0) is 3.83 Å². The molecule has 0 aliphatic heterocycles. The van der Waals surface area contributed by atoms with E-state index in [0.29, 0.717) is 0 Å². The fraction of sp³-hybridized carbons (Fsp3) is 0. The first-order valence-electron chi connectivity index (χ1n) is 0.532. The quantitative estimate of drug-likeness (QED) is 0.334. The van der Waals surface area contributed by atoms with Crippen LogP contribution >= 0.6 is 0 Å². The van der Waals surface area contributed by atoms with Gasteiger partial charge in [0.2, 0.25) is 0 Å². The van der Waals surface area contributed by atoms with Crippen LogP contribution in [0.2, 0.25) is 0 Å². The van der Waals surface area contributed by atoms with E-state index in [9.17, 15) is 0 Å². The molecule has 0 aromatic carbocycles. The summed E-state index contributed by atoms with van der Waals surface area (Å²) < 4.78 is 23.1. The van der Waals surface area contributed by atoms with E-state index in [-0.39, 0.29) is 23.1 Å². The summed E-state index contributed by atoms with van der Waals surface area (Å²) in [6, 6.07) is 0. The fourth-order valence-electron chi connectivity index (χ4n) is 0. The average Bonchev–Trinajstić information content (AvgIpc) is 0.811. The van der Waals surface area contributed by atoms with Gasteiger partial charge < -0.3 is 0 Å². The first-order chi connectivity index (χ1) is 1.73. The van der Waals surface area contributed by atoms with E-state index in [1.165, 1.54) is 0 Å². The van der Waals surface area contributed by atoms with E-state index >= 15 is 0 Å². The molecule has 3 nitrogen and oxygen atoms in total. The smallest absolute Gasteiger partial charge is 1.00 e. The molecule has 0 aliphatic carbocycles. The molecule has 5 heteroatoms. The molecule has 0 saturated heterocycles. The molecule has 0 saturated carbocycles. The first-order valence-corrected chi connectivity index (χ1v) is 2.76.